The third-order valence-corrected chi connectivity index (χ3v) is 5.27. The molecule has 1 aromatic heterocycles. The molecule has 2 heterocycles. The molecule has 6 heteroatoms. The number of anilines is 1. The zero-order chi connectivity index (χ0) is 17.5. The molecule has 2 aromatic rings. The molecule has 1 aliphatic heterocycles. The maximum Gasteiger partial charge on any atom is 0.319 e. The highest BCUT2D eigenvalue weighted by atomic mass is 32.2. The minimum Gasteiger partial charge on any atom is -0.468 e. The smallest absolute Gasteiger partial charge is 0.319 e. The van der Waals surface area contributed by atoms with Crippen molar-refractivity contribution in [2.45, 2.75) is 37.2 Å². The molecular formula is C19H25N3O2S. The molecule has 1 aromatic carbocycles. The summed E-state index contributed by atoms with van der Waals surface area (Å²) in [7, 11) is 0. The van der Waals surface area contributed by atoms with Crippen molar-refractivity contribution in [2.24, 2.45) is 0 Å². The van der Waals surface area contributed by atoms with Crippen LogP contribution in [-0.4, -0.2) is 35.8 Å². The van der Waals surface area contributed by atoms with Gasteiger partial charge in [-0.15, -0.1) is 11.8 Å². The van der Waals surface area contributed by atoms with Gasteiger partial charge in [0.05, 0.1) is 18.5 Å². The van der Waals surface area contributed by atoms with Gasteiger partial charge in [0.25, 0.3) is 0 Å². The van der Waals surface area contributed by atoms with E-state index in [-0.39, 0.29) is 12.1 Å². The number of nitrogens with zero attached hydrogens (tertiary/aromatic N) is 1. The van der Waals surface area contributed by atoms with E-state index in [0.717, 1.165) is 54.6 Å². The molecule has 134 valence electrons. The molecule has 1 aliphatic rings. The van der Waals surface area contributed by atoms with Gasteiger partial charge in [-0.05, 0) is 42.9 Å². The van der Waals surface area contributed by atoms with Gasteiger partial charge in [-0.3, -0.25) is 4.90 Å². The fourth-order valence-corrected chi connectivity index (χ4v) is 3.81. The van der Waals surface area contributed by atoms with Crippen LogP contribution in [-0.2, 0) is 6.54 Å². The van der Waals surface area contributed by atoms with Crippen LogP contribution in [0.2, 0.25) is 0 Å². The van der Waals surface area contributed by atoms with Gasteiger partial charge in [0, 0.05) is 24.0 Å². The lowest BCUT2D eigenvalue weighted by Crippen LogP contribution is -2.45. The highest BCUT2D eigenvalue weighted by molar-refractivity contribution is 7.99. The molecule has 1 fully saturated rings. The Hall–Kier alpha value is -1.92. The monoisotopic (exact) mass is 359 g/mol. The van der Waals surface area contributed by atoms with Crippen molar-refractivity contribution in [3.63, 3.8) is 0 Å². The van der Waals surface area contributed by atoms with Crippen LogP contribution in [0, 0.1) is 0 Å². The number of urea groups is 1. The van der Waals surface area contributed by atoms with E-state index in [9.17, 15) is 4.79 Å². The summed E-state index contributed by atoms with van der Waals surface area (Å²) < 4.78 is 5.40. The Bertz CT molecular complexity index is 667. The van der Waals surface area contributed by atoms with Gasteiger partial charge in [-0.1, -0.05) is 19.1 Å². The van der Waals surface area contributed by atoms with Gasteiger partial charge in [0.15, 0.2) is 0 Å². The minimum atomic E-state index is -0.117. The van der Waals surface area contributed by atoms with Crippen LogP contribution in [0.25, 0.3) is 0 Å². The molecule has 0 unspecified atom stereocenters. The number of likely N-dealkylation sites (tertiary alicyclic amines) is 1. The highest BCUT2D eigenvalue weighted by Gasteiger charge is 2.21. The Morgan fingerprint density at radius 1 is 1.24 bits per heavy atom. The molecule has 1 saturated heterocycles. The first-order valence-electron chi connectivity index (χ1n) is 8.78. The Labute approximate surface area is 153 Å². The summed E-state index contributed by atoms with van der Waals surface area (Å²) in [4.78, 5) is 15.8. The number of nitrogens with one attached hydrogen (secondary N) is 2. The summed E-state index contributed by atoms with van der Waals surface area (Å²) in [5.41, 5.74) is 0.877. The van der Waals surface area contributed by atoms with Crippen molar-refractivity contribution in [1.82, 2.24) is 10.2 Å². The number of piperidine rings is 1. The average molecular weight is 359 g/mol. The molecule has 25 heavy (non-hydrogen) atoms. The van der Waals surface area contributed by atoms with Crippen molar-refractivity contribution in [3.05, 3.63) is 48.4 Å². The summed E-state index contributed by atoms with van der Waals surface area (Å²) in [6.07, 6.45) is 3.63. The molecular weight excluding hydrogens is 334 g/mol. The fraction of sp³-hybridized carbons (Fsp3) is 0.421. The highest BCUT2D eigenvalue weighted by Crippen LogP contribution is 2.26. The molecule has 2 N–H and O–H groups in total. The third-order valence-electron chi connectivity index (χ3n) is 4.32. The summed E-state index contributed by atoms with van der Waals surface area (Å²) >= 11 is 1.73. The zero-order valence-corrected chi connectivity index (χ0v) is 15.3. The Balaban J connectivity index is 1.45. The fourth-order valence-electron chi connectivity index (χ4n) is 3.05. The van der Waals surface area contributed by atoms with Crippen molar-refractivity contribution in [2.75, 3.05) is 24.2 Å². The molecule has 5 nitrogen and oxygen atoms in total. The lowest BCUT2D eigenvalue weighted by molar-refractivity contribution is 0.179. The van der Waals surface area contributed by atoms with Crippen LogP contribution < -0.4 is 10.6 Å². The van der Waals surface area contributed by atoms with E-state index in [0.29, 0.717) is 0 Å². The largest absolute Gasteiger partial charge is 0.468 e. The normalized spacial score (nSPS) is 15.9. The van der Waals surface area contributed by atoms with Crippen LogP contribution in [0.4, 0.5) is 10.5 Å². The lowest BCUT2D eigenvalue weighted by Gasteiger charge is -2.31. The number of hydrogen-bond donors (Lipinski definition) is 2. The number of carbonyl (C=O) groups is 1. The molecule has 0 aliphatic carbocycles. The first-order chi connectivity index (χ1) is 12.2. The van der Waals surface area contributed by atoms with Gasteiger partial charge in [-0.25, -0.2) is 4.79 Å². The summed E-state index contributed by atoms with van der Waals surface area (Å²) in [6.45, 7) is 4.88. The van der Waals surface area contributed by atoms with Crippen LogP contribution in [0.1, 0.15) is 25.5 Å². The minimum absolute atomic E-state index is 0.117. The Kier molecular flexibility index (Phi) is 6.42. The second-order valence-corrected chi connectivity index (χ2v) is 7.46. The van der Waals surface area contributed by atoms with Crippen LogP contribution >= 0.6 is 11.8 Å². The second kappa shape index (κ2) is 8.97. The summed E-state index contributed by atoms with van der Waals surface area (Å²) in [5.74, 6) is 1.98. The molecule has 0 atom stereocenters. The van der Waals surface area contributed by atoms with Crippen LogP contribution in [0.15, 0.2) is 52.0 Å². The number of hydrogen-bond acceptors (Lipinski definition) is 4. The topological polar surface area (TPSA) is 57.5 Å². The molecule has 0 bridgehead atoms. The maximum atomic E-state index is 12.3. The zero-order valence-electron chi connectivity index (χ0n) is 14.5. The van der Waals surface area contributed by atoms with Crippen molar-refractivity contribution in [1.29, 1.82) is 0 Å². The van der Waals surface area contributed by atoms with Gasteiger partial charge in [-0.2, -0.15) is 0 Å². The van der Waals surface area contributed by atoms with Gasteiger partial charge in [0.1, 0.15) is 5.76 Å². The van der Waals surface area contributed by atoms with Crippen molar-refractivity contribution >= 4 is 23.5 Å². The van der Waals surface area contributed by atoms with Crippen molar-refractivity contribution in [3.8, 4) is 0 Å². The number of thioether (sulfide) groups is 1. The van der Waals surface area contributed by atoms with E-state index in [1.54, 1.807) is 18.0 Å². The van der Waals surface area contributed by atoms with Gasteiger partial charge in [0.2, 0.25) is 0 Å². The average Bonchev–Trinajstić information content (AvgIpc) is 3.12. The molecule has 3 rings (SSSR count). The van der Waals surface area contributed by atoms with Crippen molar-refractivity contribution < 1.29 is 9.21 Å². The molecule has 0 saturated carbocycles. The summed E-state index contributed by atoms with van der Waals surface area (Å²) in [5, 5.41) is 6.10. The number of benzene rings is 1. The number of furan rings is 1. The maximum absolute atomic E-state index is 12.3. The third kappa shape index (κ3) is 5.28. The van der Waals surface area contributed by atoms with E-state index in [4.69, 9.17) is 4.42 Å². The number of rotatable bonds is 6. The SMILES string of the molecule is CCSc1ccccc1NC(=O)NC1CCN(Cc2ccco2)CC1. The van der Waals surface area contributed by atoms with E-state index < -0.39 is 0 Å². The van der Waals surface area contributed by atoms with Gasteiger partial charge < -0.3 is 15.1 Å². The first-order valence-corrected chi connectivity index (χ1v) is 9.77. The molecule has 2 amide bonds. The lowest BCUT2D eigenvalue weighted by atomic mass is 10.1. The van der Waals surface area contributed by atoms with E-state index in [1.165, 1.54) is 0 Å². The number of amides is 2. The van der Waals surface area contributed by atoms with Crippen LogP contribution in [0.5, 0.6) is 0 Å². The second-order valence-electron chi connectivity index (χ2n) is 6.16. The van der Waals surface area contributed by atoms with E-state index in [1.807, 2.05) is 36.4 Å². The molecule has 0 spiro atoms. The Morgan fingerprint density at radius 3 is 2.76 bits per heavy atom. The molecule has 0 radical (unpaired) electrons. The standard InChI is InChI=1S/C19H25N3O2S/c1-2-25-18-8-4-3-7-17(18)21-19(23)20-15-9-11-22(12-10-15)14-16-6-5-13-24-16/h3-8,13,15H,2,9-12,14H2,1H3,(H2,20,21,23). The van der Waals surface area contributed by atoms with Gasteiger partial charge >= 0.3 is 6.03 Å². The first kappa shape index (κ1) is 17.9. The summed E-state index contributed by atoms with van der Waals surface area (Å²) in [6, 6.07) is 12.0. The quantitative estimate of drug-likeness (QED) is 0.760. The number of para-hydroxylation sites is 1. The Morgan fingerprint density at radius 2 is 2.04 bits per heavy atom. The predicted molar refractivity (Wildman–Crippen MR) is 102 cm³/mol. The van der Waals surface area contributed by atoms with E-state index >= 15 is 0 Å². The number of carbonyl (C=O) groups excluding carboxylic acids is 1. The van der Waals surface area contributed by atoms with E-state index in [2.05, 4.69) is 22.5 Å². The van der Waals surface area contributed by atoms with Crippen LogP contribution in [0.3, 0.4) is 0 Å². The predicted octanol–water partition coefficient (Wildman–Crippen LogP) is 4.18.